The molecule has 7 heteroatoms. The van der Waals surface area contributed by atoms with Gasteiger partial charge in [-0.3, -0.25) is 4.79 Å². The van der Waals surface area contributed by atoms with E-state index in [2.05, 4.69) is 5.16 Å². The molecule has 1 fully saturated rings. The van der Waals surface area contributed by atoms with E-state index in [9.17, 15) is 13.6 Å². The second-order valence-corrected chi connectivity index (χ2v) is 6.63. The Morgan fingerprint density at radius 1 is 1.35 bits per heavy atom. The third-order valence-electron chi connectivity index (χ3n) is 4.84. The Bertz CT molecular complexity index is 849. The van der Waals surface area contributed by atoms with Gasteiger partial charge in [-0.15, -0.1) is 0 Å². The maximum atomic E-state index is 13.3. The Morgan fingerprint density at radius 3 is 2.73 bits per heavy atom. The van der Waals surface area contributed by atoms with E-state index in [0.717, 1.165) is 24.5 Å². The molecule has 1 aromatic heterocycles. The molecular formula is C19H19F2N3O2. The van der Waals surface area contributed by atoms with Crippen molar-refractivity contribution in [3.05, 3.63) is 52.4 Å². The van der Waals surface area contributed by atoms with Crippen molar-refractivity contribution in [2.24, 2.45) is 5.92 Å². The highest BCUT2D eigenvalue weighted by Gasteiger charge is 2.25. The number of aromatic nitrogens is 1. The summed E-state index contributed by atoms with van der Waals surface area (Å²) in [5.41, 5.74) is 1.47. The first kappa shape index (κ1) is 18.1. The van der Waals surface area contributed by atoms with Crippen molar-refractivity contribution in [3.8, 4) is 6.07 Å². The monoisotopic (exact) mass is 359 g/mol. The zero-order valence-electron chi connectivity index (χ0n) is 14.5. The summed E-state index contributed by atoms with van der Waals surface area (Å²) in [4.78, 5) is 14.2. The predicted molar refractivity (Wildman–Crippen MR) is 89.0 cm³/mol. The number of likely N-dealkylation sites (tertiary alicyclic amines) is 1. The first-order valence-electron chi connectivity index (χ1n) is 8.55. The van der Waals surface area contributed by atoms with Gasteiger partial charge in [0.15, 0.2) is 17.4 Å². The molecule has 0 saturated carbocycles. The number of hydrogen-bond donors (Lipinski definition) is 0. The molecule has 1 saturated heterocycles. The molecule has 26 heavy (non-hydrogen) atoms. The third-order valence-corrected chi connectivity index (χ3v) is 4.84. The van der Waals surface area contributed by atoms with E-state index in [0.29, 0.717) is 42.4 Å². The summed E-state index contributed by atoms with van der Waals surface area (Å²) in [7, 11) is 0. The maximum absolute atomic E-state index is 13.3. The van der Waals surface area contributed by atoms with Gasteiger partial charge in [-0.05, 0) is 49.8 Å². The molecule has 0 aliphatic carbocycles. The number of amides is 1. The number of nitrogens with zero attached hydrogens (tertiary/aromatic N) is 3. The molecule has 0 radical (unpaired) electrons. The highest BCUT2D eigenvalue weighted by Crippen LogP contribution is 2.23. The summed E-state index contributed by atoms with van der Waals surface area (Å²) >= 11 is 0. The number of hydrogen-bond acceptors (Lipinski definition) is 4. The van der Waals surface area contributed by atoms with Gasteiger partial charge in [0, 0.05) is 13.1 Å². The molecule has 1 amide bonds. The second-order valence-electron chi connectivity index (χ2n) is 6.63. The molecule has 0 atom stereocenters. The summed E-state index contributed by atoms with van der Waals surface area (Å²) in [6.07, 6.45) is 2.32. The van der Waals surface area contributed by atoms with Crippen LogP contribution in [0.2, 0.25) is 0 Å². The van der Waals surface area contributed by atoms with Crippen LogP contribution in [0.3, 0.4) is 0 Å². The Hall–Kier alpha value is -2.75. The van der Waals surface area contributed by atoms with Crippen LogP contribution in [0.4, 0.5) is 8.78 Å². The van der Waals surface area contributed by atoms with Gasteiger partial charge in [-0.25, -0.2) is 8.78 Å². The fraction of sp³-hybridized carbons (Fsp3) is 0.421. The number of rotatable bonds is 4. The number of nitriles is 1. The van der Waals surface area contributed by atoms with Crippen LogP contribution in [0.5, 0.6) is 0 Å². The van der Waals surface area contributed by atoms with Crippen molar-refractivity contribution >= 4 is 5.91 Å². The molecule has 1 aromatic carbocycles. The van der Waals surface area contributed by atoms with Crippen LogP contribution in [-0.4, -0.2) is 29.1 Å². The zero-order chi connectivity index (χ0) is 18.7. The fourth-order valence-electron chi connectivity index (χ4n) is 3.32. The van der Waals surface area contributed by atoms with E-state index in [-0.39, 0.29) is 12.3 Å². The predicted octanol–water partition coefficient (Wildman–Crippen LogP) is 3.16. The number of piperidine rings is 1. The molecule has 1 aliphatic heterocycles. The molecule has 0 unspecified atom stereocenters. The number of aryl methyl sites for hydroxylation is 1. The lowest BCUT2D eigenvalue weighted by molar-refractivity contribution is -0.131. The minimum atomic E-state index is -0.839. The SMILES string of the molecule is Cc1onc(CC(=O)N2CCC(Cc3ccc(F)c(F)c3)CC2)c1C#N. The molecule has 0 N–H and O–H groups in total. The van der Waals surface area contributed by atoms with Crippen molar-refractivity contribution in [2.75, 3.05) is 13.1 Å². The summed E-state index contributed by atoms with van der Waals surface area (Å²) in [5, 5.41) is 12.9. The van der Waals surface area contributed by atoms with Gasteiger partial charge in [0.25, 0.3) is 0 Å². The molecule has 0 bridgehead atoms. The van der Waals surface area contributed by atoms with E-state index < -0.39 is 11.6 Å². The highest BCUT2D eigenvalue weighted by molar-refractivity contribution is 5.79. The van der Waals surface area contributed by atoms with Crippen molar-refractivity contribution in [1.29, 1.82) is 5.26 Å². The van der Waals surface area contributed by atoms with Crippen molar-refractivity contribution in [1.82, 2.24) is 10.1 Å². The molecule has 136 valence electrons. The van der Waals surface area contributed by atoms with Crippen LogP contribution >= 0.6 is 0 Å². The van der Waals surface area contributed by atoms with Gasteiger partial charge < -0.3 is 9.42 Å². The van der Waals surface area contributed by atoms with Crippen LogP contribution in [0.15, 0.2) is 22.7 Å². The summed E-state index contributed by atoms with van der Waals surface area (Å²) in [6, 6.07) is 6.00. The summed E-state index contributed by atoms with van der Waals surface area (Å²) < 4.78 is 31.3. The maximum Gasteiger partial charge on any atom is 0.228 e. The average Bonchev–Trinajstić information content (AvgIpc) is 2.98. The van der Waals surface area contributed by atoms with Gasteiger partial charge in [0.2, 0.25) is 5.91 Å². The molecule has 3 rings (SSSR count). The van der Waals surface area contributed by atoms with Crippen LogP contribution < -0.4 is 0 Å². The van der Waals surface area contributed by atoms with Crippen molar-refractivity contribution in [2.45, 2.75) is 32.6 Å². The second kappa shape index (κ2) is 7.65. The lowest BCUT2D eigenvalue weighted by Gasteiger charge is -2.32. The first-order valence-corrected chi connectivity index (χ1v) is 8.55. The first-order chi connectivity index (χ1) is 12.5. The third kappa shape index (κ3) is 3.90. The van der Waals surface area contributed by atoms with Crippen LogP contribution in [0.1, 0.15) is 35.4 Å². The quantitative estimate of drug-likeness (QED) is 0.841. The lowest BCUT2D eigenvalue weighted by Crippen LogP contribution is -2.39. The molecule has 0 spiro atoms. The van der Waals surface area contributed by atoms with Crippen LogP contribution in [-0.2, 0) is 17.6 Å². The van der Waals surface area contributed by atoms with Gasteiger partial charge in [0.05, 0.1) is 6.42 Å². The largest absolute Gasteiger partial charge is 0.360 e. The van der Waals surface area contributed by atoms with Gasteiger partial charge in [-0.1, -0.05) is 11.2 Å². The molecular weight excluding hydrogens is 340 g/mol. The number of carbonyl (C=O) groups is 1. The fourth-order valence-corrected chi connectivity index (χ4v) is 3.32. The minimum absolute atomic E-state index is 0.0497. The number of halogens is 2. The smallest absolute Gasteiger partial charge is 0.228 e. The van der Waals surface area contributed by atoms with Crippen molar-refractivity contribution in [3.63, 3.8) is 0 Å². The van der Waals surface area contributed by atoms with Crippen LogP contribution in [0, 0.1) is 35.8 Å². The normalized spacial score (nSPS) is 15.1. The van der Waals surface area contributed by atoms with Crippen molar-refractivity contribution < 1.29 is 18.1 Å². The summed E-state index contributed by atoms with van der Waals surface area (Å²) in [6.45, 7) is 2.85. The van der Waals surface area contributed by atoms with E-state index >= 15 is 0 Å². The van der Waals surface area contributed by atoms with E-state index in [4.69, 9.17) is 9.78 Å². The molecule has 1 aliphatic rings. The highest BCUT2D eigenvalue weighted by atomic mass is 19.2. The van der Waals surface area contributed by atoms with E-state index in [1.165, 1.54) is 6.07 Å². The summed E-state index contributed by atoms with van der Waals surface area (Å²) in [5.74, 6) is -1.00. The molecule has 2 aromatic rings. The topological polar surface area (TPSA) is 70.1 Å². The average molecular weight is 359 g/mol. The lowest BCUT2D eigenvalue weighted by atomic mass is 9.90. The number of carbonyl (C=O) groups excluding carboxylic acids is 1. The van der Waals surface area contributed by atoms with Crippen LogP contribution in [0.25, 0.3) is 0 Å². The standard InChI is InChI=1S/C19H19F2N3O2/c1-12-15(11-22)18(23-26-12)10-19(25)24-6-4-13(5-7-24)8-14-2-3-16(20)17(21)9-14/h2-3,9,13H,4-8,10H2,1H3. The Kier molecular flexibility index (Phi) is 5.31. The Balaban J connectivity index is 1.53. The minimum Gasteiger partial charge on any atom is -0.360 e. The van der Waals surface area contributed by atoms with E-state index in [1.54, 1.807) is 17.9 Å². The molecule has 2 heterocycles. The van der Waals surface area contributed by atoms with E-state index in [1.807, 2.05) is 6.07 Å². The number of benzene rings is 1. The van der Waals surface area contributed by atoms with Gasteiger partial charge in [0.1, 0.15) is 17.3 Å². The van der Waals surface area contributed by atoms with Gasteiger partial charge in [-0.2, -0.15) is 5.26 Å². The zero-order valence-corrected chi connectivity index (χ0v) is 14.5. The Morgan fingerprint density at radius 2 is 2.08 bits per heavy atom. The molecule has 5 nitrogen and oxygen atoms in total. The Labute approximate surface area is 150 Å². The van der Waals surface area contributed by atoms with Gasteiger partial charge >= 0.3 is 0 Å².